The van der Waals surface area contributed by atoms with Crippen LogP contribution in [0.3, 0.4) is 0 Å². The van der Waals surface area contributed by atoms with Crippen molar-refractivity contribution >= 4 is 0 Å². The first kappa shape index (κ1) is 3.88. The summed E-state index contributed by atoms with van der Waals surface area (Å²) in [6, 6.07) is 0. The Morgan fingerprint density at radius 1 is 1.67 bits per heavy atom. The molecule has 1 heteroatoms. The Labute approximate surface area is 38.1 Å². The summed E-state index contributed by atoms with van der Waals surface area (Å²) in [5.41, 5.74) is 0. The summed E-state index contributed by atoms with van der Waals surface area (Å²) in [5, 5.41) is 3.14. The molecule has 1 nitrogen and oxygen atoms in total. The van der Waals surface area contributed by atoms with Crippen LogP contribution in [0.5, 0.6) is 0 Å². The van der Waals surface area contributed by atoms with E-state index in [0.717, 1.165) is 19.0 Å². The SMILES string of the molecule is C=CC1CNC1. The third-order valence-electron chi connectivity index (χ3n) is 1.15. The predicted molar refractivity (Wildman–Crippen MR) is 26.6 cm³/mol. The van der Waals surface area contributed by atoms with Crippen molar-refractivity contribution in [2.24, 2.45) is 5.92 Å². The summed E-state index contributed by atoms with van der Waals surface area (Å²) in [6.07, 6.45) is 2.00. The smallest absolute Gasteiger partial charge is 0.00265 e. The van der Waals surface area contributed by atoms with E-state index < -0.39 is 0 Å². The summed E-state index contributed by atoms with van der Waals surface area (Å²) in [4.78, 5) is 0. The van der Waals surface area contributed by atoms with Crippen molar-refractivity contribution in [2.45, 2.75) is 0 Å². The molecule has 0 atom stereocenters. The molecule has 0 amide bonds. The van der Waals surface area contributed by atoms with Crippen molar-refractivity contribution < 1.29 is 0 Å². The van der Waals surface area contributed by atoms with Crippen LogP contribution < -0.4 is 5.32 Å². The molecule has 1 aliphatic heterocycles. The fraction of sp³-hybridized carbons (Fsp3) is 0.600. The predicted octanol–water partition coefficient (Wildman–Crippen LogP) is 0.392. The maximum atomic E-state index is 3.64. The third kappa shape index (κ3) is 0.455. The molecule has 1 rings (SSSR count). The second-order valence-corrected chi connectivity index (χ2v) is 1.65. The summed E-state index contributed by atoms with van der Waals surface area (Å²) in [6.45, 7) is 5.93. The van der Waals surface area contributed by atoms with E-state index in [4.69, 9.17) is 0 Å². The Balaban J connectivity index is 2.16. The Bertz CT molecular complexity index is 55.0. The zero-order chi connectivity index (χ0) is 4.41. The van der Waals surface area contributed by atoms with Crippen LogP contribution in [-0.2, 0) is 0 Å². The van der Waals surface area contributed by atoms with Gasteiger partial charge in [0.25, 0.3) is 0 Å². The minimum Gasteiger partial charge on any atom is -0.315 e. The van der Waals surface area contributed by atoms with Gasteiger partial charge in [0, 0.05) is 19.0 Å². The molecule has 1 saturated heterocycles. The normalized spacial score (nSPS) is 22.7. The maximum Gasteiger partial charge on any atom is 0.00265 e. The van der Waals surface area contributed by atoms with E-state index in [-0.39, 0.29) is 0 Å². The van der Waals surface area contributed by atoms with Gasteiger partial charge < -0.3 is 5.32 Å². The first-order valence-corrected chi connectivity index (χ1v) is 2.27. The van der Waals surface area contributed by atoms with Crippen molar-refractivity contribution in [1.82, 2.24) is 5.32 Å². The minimum absolute atomic E-state index is 0.769. The van der Waals surface area contributed by atoms with Gasteiger partial charge in [0.1, 0.15) is 0 Å². The van der Waals surface area contributed by atoms with E-state index in [1.54, 1.807) is 0 Å². The van der Waals surface area contributed by atoms with Crippen LogP contribution in [0.4, 0.5) is 0 Å². The molecule has 1 N–H and O–H groups in total. The number of nitrogens with one attached hydrogen (secondary N) is 1. The molecular weight excluding hydrogens is 74.1 g/mol. The van der Waals surface area contributed by atoms with Crippen molar-refractivity contribution in [3.63, 3.8) is 0 Å². The molecule has 1 fully saturated rings. The first-order chi connectivity index (χ1) is 2.93. The molecule has 34 valence electrons. The molecule has 6 heavy (non-hydrogen) atoms. The van der Waals surface area contributed by atoms with Crippen molar-refractivity contribution in [3.8, 4) is 0 Å². The first-order valence-electron chi connectivity index (χ1n) is 2.27. The molecule has 0 aromatic carbocycles. The Morgan fingerprint density at radius 3 is 2.33 bits per heavy atom. The maximum absolute atomic E-state index is 3.64. The molecule has 0 unspecified atom stereocenters. The van der Waals surface area contributed by atoms with E-state index in [0.29, 0.717) is 0 Å². The highest BCUT2D eigenvalue weighted by molar-refractivity contribution is 4.88. The van der Waals surface area contributed by atoms with Crippen molar-refractivity contribution in [3.05, 3.63) is 12.7 Å². The number of rotatable bonds is 1. The highest BCUT2D eigenvalue weighted by Crippen LogP contribution is 2.00. The summed E-state index contributed by atoms with van der Waals surface area (Å²) in [5.74, 6) is 0.769. The molecule has 0 aliphatic carbocycles. The van der Waals surface area contributed by atoms with Gasteiger partial charge in [-0.2, -0.15) is 0 Å². The zero-order valence-electron chi connectivity index (χ0n) is 3.78. The molecule has 0 radical (unpaired) electrons. The average Bonchev–Trinajstić information content (AvgIpc) is 1.31. The van der Waals surface area contributed by atoms with Gasteiger partial charge in [-0.15, -0.1) is 6.58 Å². The molecule has 1 heterocycles. The summed E-state index contributed by atoms with van der Waals surface area (Å²) in [7, 11) is 0. The van der Waals surface area contributed by atoms with Gasteiger partial charge in [0.2, 0.25) is 0 Å². The Kier molecular flexibility index (Phi) is 0.926. The van der Waals surface area contributed by atoms with Gasteiger partial charge in [0.15, 0.2) is 0 Å². The van der Waals surface area contributed by atoms with Gasteiger partial charge in [-0.3, -0.25) is 0 Å². The lowest BCUT2D eigenvalue weighted by Gasteiger charge is -2.22. The zero-order valence-corrected chi connectivity index (χ0v) is 3.78. The van der Waals surface area contributed by atoms with Crippen LogP contribution in [0, 0.1) is 5.92 Å². The molecule has 0 saturated carbocycles. The molecule has 0 aromatic heterocycles. The van der Waals surface area contributed by atoms with Crippen molar-refractivity contribution in [1.29, 1.82) is 0 Å². The van der Waals surface area contributed by atoms with E-state index in [1.165, 1.54) is 0 Å². The van der Waals surface area contributed by atoms with Gasteiger partial charge in [-0.05, 0) is 0 Å². The van der Waals surface area contributed by atoms with Crippen LogP contribution in [0.2, 0.25) is 0 Å². The van der Waals surface area contributed by atoms with Crippen LogP contribution in [0.15, 0.2) is 12.7 Å². The topological polar surface area (TPSA) is 12.0 Å². The fourth-order valence-corrected chi connectivity index (χ4v) is 0.478. The Morgan fingerprint density at radius 2 is 2.33 bits per heavy atom. The third-order valence-corrected chi connectivity index (χ3v) is 1.15. The molecule has 0 spiro atoms. The standard InChI is InChI=1S/C5H9N/c1-2-5-3-6-4-5/h2,5-6H,1,3-4H2. The molecule has 1 aliphatic rings. The van der Waals surface area contributed by atoms with Crippen molar-refractivity contribution in [2.75, 3.05) is 13.1 Å². The summed E-state index contributed by atoms with van der Waals surface area (Å²) < 4.78 is 0. The highest BCUT2D eigenvalue weighted by atomic mass is 14.9. The molecule has 0 aromatic rings. The molecular formula is C5H9N. The lowest BCUT2D eigenvalue weighted by molar-refractivity contribution is 0.419. The van der Waals surface area contributed by atoms with Crippen LogP contribution in [0.1, 0.15) is 0 Å². The molecule has 0 bridgehead atoms. The van der Waals surface area contributed by atoms with Gasteiger partial charge >= 0.3 is 0 Å². The number of hydrogen-bond acceptors (Lipinski definition) is 1. The van der Waals surface area contributed by atoms with E-state index in [9.17, 15) is 0 Å². The van der Waals surface area contributed by atoms with Gasteiger partial charge in [-0.25, -0.2) is 0 Å². The average molecular weight is 83.1 g/mol. The summed E-state index contributed by atoms with van der Waals surface area (Å²) >= 11 is 0. The largest absolute Gasteiger partial charge is 0.315 e. The Hall–Kier alpha value is -0.300. The van der Waals surface area contributed by atoms with E-state index in [2.05, 4.69) is 11.9 Å². The van der Waals surface area contributed by atoms with Gasteiger partial charge in [-0.1, -0.05) is 6.08 Å². The monoisotopic (exact) mass is 83.1 g/mol. The van der Waals surface area contributed by atoms with Crippen LogP contribution >= 0.6 is 0 Å². The van der Waals surface area contributed by atoms with Gasteiger partial charge in [0.05, 0.1) is 0 Å². The highest BCUT2D eigenvalue weighted by Gasteiger charge is 2.10. The van der Waals surface area contributed by atoms with E-state index in [1.807, 2.05) is 6.08 Å². The number of hydrogen-bond donors (Lipinski definition) is 1. The second kappa shape index (κ2) is 1.43. The quantitative estimate of drug-likeness (QED) is 0.452. The van der Waals surface area contributed by atoms with Crippen LogP contribution in [0.25, 0.3) is 0 Å². The minimum atomic E-state index is 0.769. The van der Waals surface area contributed by atoms with Crippen LogP contribution in [-0.4, -0.2) is 13.1 Å². The van der Waals surface area contributed by atoms with E-state index >= 15 is 0 Å². The second-order valence-electron chi connectivity index (χ2n) is 1.65. The fourth-order valence-electron chi connectivity index (χ4n) is 0.478. The lowest BCUT2D eigenvalue weighted by Crippen LogP contribution is -2.40. The lowest BCUT2D eigenvalue weighted by atomic mass is 10.1.